The van der Waals surface area contributed by atoms with Gasteiger partial charge >= 0.3 is 0 Å². The Morgan fingerprint density at radius 3 is 2.73 bits per heavy atom. The number of anilines is 1. The first-order valence-electron chi connectivity index (χ1n) is 5.21. The van der Waals surface area contributed by atoms with Crippen molar-refractivity contribution in [1.82, 2.24) is 4.90 Å². The highest BCUT2D eigenvalue weighted by Crippen LogP contribution is 2.27. The molecule has 15 heavy (non-hydrogen) atoms. The summed E-state index contributed by atoms with van der Waals surface area (Å²) in [5, 5.41) is 0. The largest absolute Gasteiger partial charge is 0.299 e. The third kappa shape index (κ3) is 2.02. The molecule has 0 unspecified atom stereocenters. The van der Waals surface area contributed by atoms with Crippen molar-refractivity contribution in [3.63, 3.8) is 0 Å². The molecule has 0 bridgehead atoms. The molecule has 1 aromatic carbocycles. The van der Waals surface area contributed by atoms with Crippen molar-refractivity contribution < 1.29 is 4.79 Å². The van der Waals surface area contributed by atoms with Gasteiger partial charge in [0, 0.05) is 12.1 Å². The number of nitrogens with zero attached hydrogens (tertiary/aromatic N) is 2. The summed E-state index contributed by atoms with van der Waals surface area (Å²) in [6.07, 6.45) is 1.50. The Kier molecular flexibility index (Phi) is 2.73. The van der Waals surface area contributed by atoms with Gasteiger partial charge in [-0.3, -0.25) is 14.6 Å². The van der Waals surface area contributed by atoms with Crippen molar-refractivity contribution in [2.45, 2.75) is 12.8 Å². The zero-order valence-corrected chi connectivity index (χ0v) is 9.23. The topological polar surface area (TPSA) is 23.6 Å². The molecule has 3 heteroatoms. The highest BCUT2D eigenvalue weighted by Gasteiger charge is 2.23. The number of amides is 1. The van der Waals surface area contributed by atoms with E-state index >= 15 is 0 Å². The number of hydrogen-bond acceptors (Lipinski definition) is 2. The lowest BCUT2D eigenvalue weighted by Crippen LogP contribution is -2.41. The number of para-hydroxylation sites is 1. The van der Waals surface area contributed by atoms with Crippen LogP contribution < -0.4 is 4.90 Å². The highest BCUT2D eigenvalue weighted by atomic mass is 16.2. The van der Waals surface area contributed by atoms with Crippen molar-refractivity contribution in [2.75, 3.05) is 25.7 Å². The van der Waals surface area contributed by atoms with Gasteiger partial charge in [-0.1, -0.05) is 18.2 Å². The second kappa shape index (κ2) is 4.03. The van der Waals surface area contributed by atoms with Crippen LogP contribution in [-0.2, 0) is 11.2 Å². The summed E-state index contributed by atoms with van der Waals surface area (Å²) in [4.78, 5) is 15.7. The van der Waals surface area contributed by atoms with Crippen LogP contribution in [-0.4, -0.2) is 31.6 Å². The Morgan fingerprint density at radius 2 is 2.00 bits per heavy atom. The van der Waals surface area contributed by atoms with Crippen LogP contribution >= 0.6 is 0 Å². The first-order chi connectivity index (χ1) is 7.18. The molecule has 1 heterocycles. The summed E-state index contributed by atoms with van der Waals surface area (Å²) in [5.74, 6) is 0.224. The zero-order valence-electron chi connectivity index (χ0n) is 9.23. The van der Waals surface area contributed by atoms with E-state index in [4.69, 9.17) is 0 Å². The molecule has 0 saturated heterocycles. The lowest BCUT2D eigenvalue weighted by atomic mass is 10.0. The summed E-state index contributed by atoms with van der Waals surface area (Å²) in [7, 11) is 3.95. The second-order valence-corrected chi connectivity index (χ2v) is 4.17. The van der Waals surface area contributed by atoms with E-state index in [-0.39, 0.29) is 5.91 Å². The van der Waals surface area contributed by atoms with E-state index in [2.05, 4.69) is 6.07 Å². The maximum atomic E-state index is 11.8. The fourth-order valence-corrected chi connectivity index (χ4v) is 1.93. The van der Waals surface area contributed by atoms with Gasteiger partial charge in [0.25, 0.3) is 0 Å². The molecule has 0 spiro atoms. The van der Waals surface area contributed by atoms with Crippen LogP contribution in [0.3, 0.4) is 0 Å². The predicted molar refractivity (Wildman–Crippen MR) is 60.8 cm³/mol. The molecule has 0 saturated carbocycles. The predicted octanol–water partition coefficient (Wildman–Crippen LogP) is 1.48. The Hall–Kier alpha value is -1.35. The first-order valence-corrected chi connectivity index (χ1v) is 5.21. The standard InChI is InChI=1S/C12H16N2O/c1-13(2)9-14-11-6-4-3-5-10(11)7-8-12(14)15/h3-6H,7-9H2,1-2H3. The molecule has 0 radical (unpaired) electrons. The van der Waals surface area contributed by atoms with Crippen LogP contribution in [0.5, 0.6) is 0 Å². The molecule has 0 aliphatic carbocycles. The third-order valence-electron chi connectivity index (χ3n) is 2.62. The summed E-state index contributed by atoms with van der Waals surface area (Å²) < 4.78 is 0. The number of rotatable bonds is 2. The summed E-state index contributed by atoms with van der Waals surface area (Å²) in [6.45, 7) is 0.663. The third-order valence-corrected chi connectivity index (χ3v) is 2.62. The fraction of sp³-hybridized carbons (Fsp3) is 0.417. The quantitative estimate of drug-likeness (QED) is 0.728. The minimum Gasteiger partial charge on any atom is -0.299 e. The van der Waals surface area contributed by atoms with Gasteiger partial charge in [0.15, 0.2) is 0 Å². The maximum absolute atomic E-state index is 11.8. The number of aryl methyl sites for hydroxylation is 1. The van der Waals surface area contributed by atoms with Crippen molar-refractivity contribution in [3.8, 4) is 0 Å². The molecule has 0 atom stereocenters. The highest BCUT2D eigenvalue weighted by molar-refractivity contribution is 5.96. The van der Waals surface area contributed by atoms with Gasteiger partial charge in [-0.15, -0.1) is 0 Å². The van der Waals surface area contributed by atoms with E-state index in [1.807, 2.05) is 42.1 Å². The van der Waals surface area contributed by atoms with Crippen LogP contribution in [0.25, 0.3) is 0 Å². The molecule has 80 valence electrons. The normalized spacial score (nSPS) is 15.7. The van der Waals surface area contributed by atoms with Crippen LogP contribution in [0.2, 0.25) is 0 Å². The van der Waals surface area contributed by atoms with E-state index in [0.29, 0.717) is 13.1 Å². The Bertz CT molecular complexity index is 374. The van der Waals surface area contributed by atoms with Gasteiger partial charge in [-0.25, -0.2) is 0 Å². The summed E-state index contributed by atoms with van der Waals surface area (Å²) in [5.41, 5.74) is 2.35. The van der Waals surface area contributed by atoms with Gasteiger partial charge in [0.2, 0.25) is 5.91 Å². The number of hydrogen-bond donors (Lipinski definition) is 0. The molecule has 2 rings (SSSR count). The number of fused-ring (bicyclic) bond motifs is 1. The summed E-state index contributed by atoms with van der Waals surface area (Å²) in [6, 6.07) is 8.14. The molecule has 0 fully saturated rings. The van der Waals surface area contributed by atoms with Crippen LogP contribution in [0.4, 0.5) is 5.69 Å². The van der Waals surface area contributed by atoms with E-state index in [0.717, 1.165) is 12.1 Å². The maximum Gasteiger partial charge on any atom is 0.228 e. The van der Waals surface area contributed by atoms with E-state index in [1.165, 1.54) is 5.56 Å². The molecule has 3 nitrogen and oxygen atoms in total. The zero-order chi connectivity index (χ0) is 10.8. The van der Waals surface area contributed by atoms with Crippen LogP contribution in [0.1, 0.15) is 12.0 Å². The average Bonchev–Trinajstić information content (AvgIpc) is 2.22. The van der Waals surface area contributed by atoms with Crippen molar-refractivity contribution >= 4 is 11.6 Å². The monoisotopic (exact) mass is 204 g/mol. The van der Waals surface area contributed by atoms with Gasteiger partial charge in [0.1, 0.15) is 0 Å². The SMILES string of the molecule is CN(C)CN1C(=O)CCc2ccccc21. The van der Waals surface area contributed by atoms with Crippen molar-refractivity contribution in [2.24, 2.45) is 0 Å². The number of carbonyl (C=O) groups is 1. The molecular weight excluding hydrogens is 188 g/mol. The average molecular weight is 204 g/mol. The number of carbonyl (C=O) groups excluding carboxylic acids is 1. The first kappa shape index (κ1) is 10.2. The van der Waals surface area contributed by atoms with E-state index in [1.54, 1.807) is 0 Å². The van der Waals surface area contributed by atoms with Crippen molar-refractivity contribution in [1.29, 1.82) is 0 Å². The minimum absolute atomic E-state index is 0.224. The molecule has 1 aliphatic rings. The molecule has 1 aromatic rings. The van der Waals surface area contributed by atoms with Gasteiger partial charge in [-0.05, 0) is 32.1 Å². The minimum atomic E-state index is 0.224. The summed E-state index contributed by atoms with van der Waals surface area (Å²) >= 11 is 0. The second-order valence-electron chi connectivity index (χ2n) is 4.17. The lowest BCUT2D eigenvalue weighted by Gasteiger charge is -2.31. The number of benzene rings is 1. The molecule has 0 N–H and O–H groups in total. The molecular formula is C12H16N2O. The smallest absolute Gasteiger partial charge is 0.228 e. The Labute approximate surface area is 90.3 Å². The van der Waals surface area contributed by atoms with Gasteiger partial charge in [-0.2, -0.15) is 0 Å². The lowest BCUT2D eigenvalue weighted by molar-refractivity contribution is -0.119. The molecule has 1 aliphatic heterocycles. The van der Waals surface area contributed by atoms with Gasteiger partial charge < -0.3 is 0 Å². The van der Waals surface area contributed by atoms with Crippen molar-refractivity contribution in [3.05, 3.63) is 29.8 Å². The van der Waals surface area contributed by atoms with E-state index in [9.17, 15) is 4.79 Å². The molecule has 1 amide bonds. The van der Waals surface area contributed by atoms with Gasteiger partial charge in [0.05, 0.1) is 6.67 Å². The molecule has 0 aromatic heterocycles. The van der Waals surface area contributed by atoms with Crippen LogP contribution in [0.15, 0.2) is 24.3 Å². The fourth-order valence-electron chi connectivity index (χ4n) is 1.93. The van der Waals surface area contributed by atoms with E-state index < -0.39 is 0 Å². The Morgan fingerprint density at radius 1 is 1.27 bits per heavy atom. The van der Waals surface area contributed by atoms with Crippen LogP contribution in [0, 0.1) is 0 Å². The Balaban J connectivity index is 2.33.